The van der Waals surface area contributed by atoms with Gasteiger partial charge in [0.1, 0.15) is 11.6 Å². The van der Waals surface area contributed by atoms with Crippen LogP contribution in [0.15, 0.2) is 18.2 Å². The van der Waals surface area contributed by atoms with Crippen LogP contribution in [0.2, 0.25) is 0 Å². The van der Waals surface area contributed by atoms with E-state index in [2.05, 4.69) is 9.44 Å². The highest BCUT2D eigenvalue weighted by atomic mass is 32.2. The zero-order valence-electron chi connectivity index (χ0n) is 9.57. The van der Waals surface area contributed by atoms with Crippen molar-refractivity contribution in [3.63, 3.8) is 0 Å². The summed E-state index contributed by atoms with van der Waals surface area (Å²) in [6.45, 7) is 3.95. The van der Waals surface area contributed by atoms with E-state index in [4.69, 9.17) is 0 Å². The van der Waals surface area contributed by atoms with E-state index in [0.29, 0.717) is 0 Å². The molecule has 96 valence electrons. The lowest BCUT2D eigenvalue weighted by molar-refractivity contribution is 0.475. The first-order chi connectivity index (χ1) is 7.80. The number of anilines is 1. The second-order valence-electron chi connectivity index (χ2n) is 4.01. The van der Waals surface area contributed by atoms with Crippen molar-refractivity contribution in [2.24, 2.45) is 5.92 Å². The molecule has 17 heavy (non-hydrogen) atoms. The lowest BCUT2D eigenvalue weighted by Gasteiger charge is -2.11. The summed E-state index contributed by atoms with van der Waals surface area (Å²) in [5.41, 5.74) is -0.193. The minimum absolute atomic E-state index is 0.146. The molecule has 0 fully saturated rings. The van der Waals surface area contributed by atoms with Crippen LogP contribution in [0.5, 0.6) is 5.75 Å². The smallest absolute Gasteiger partial charge is 0.299 e. The van der Waals surface area contributed by atoms with Crippen molar-refractivity contribution in [1.82, 2.24) is 4.72 Å². The average Bonchev–Trinajstić information content (AvgIpc) is 2.20. The van der Waals surface area contributed by atoms with Gasteiger partial charge in [-0.25, -0.2) is 4.39 Å². The Labute approximate surface area is 99.8 Å². The van der Waals surface area contributed by atoms with Gasteiger partial charge in [-0.2, -0.15) is 13.1 Å². The number of nitrogens with one attached hydrogen (secondary N) is 2. The minimum atomic E-state index is -3.80. The molecule has 1 rings (SSSR count). The van der Waals surface area contributed by atoms with Crippen LogP contribution in [0.3, 0.4) is 0 Å². The molecular formula is C10H15FN2O3S. The fourth-order valence-corrected chi connectivity index (χ4v) is 2.13. The zero-order valence-corrected chi connectivity index (χ0v) is 10.4. The third-order valence-corrected chi connectivity index (χ3v) is 2.92. The van der Waals surface area contributed by atoms with E-state index in [9.17, 15) is 17.9 Å². The number of hydrogen-bond donors (Lipinski definition) is 3. The molecule has 0 amide bonds. The predicted molar refractivity (Wildman–Crippen MR) is 63.4 cm³/mol. The van der Waals surface area contributed by atoms with E-state index in [-0.39, 0.29) is 23.9 Å². The molecule has 0 atom stereocenters. The predicted octanol–water partition coefficient (Wildman–Crippen LogP) is 1.43. The maximum Gasteiger partial charge on any atom is 0.299 e. The van der Waals surface area contributed by atoms with Crippen molar-refractivity contribution in [2.45, 2.75) is 13.8 Å². The Bertz CT molecular complexity index is 488. The summed E-state index contributed by atoms with van der Waals surface area (Å²) in [6.07, 6.45) is 0. The van der Waals surface area contributed by atoms with Crippen molar-refractivity contribution >= 4 is 15.9 Å². The second kappa shape index (κ2) is 5.33. The molecule has 0 bridgehead atoms. The van der Waals surface area contributed by atoms with Gasteiger partial charge in [0.05, 0.1) is 5.69 Å². The van der Waals surface area contributed by atoms with Crippen LogP contribution in [-0.4, -0.2) is 20.1 Å². The van der Waals surface area contributed by atoms with Gasteiger partial charge in [0, 0.05) is 12.6 Å². The number of phenols is 1. The standard InChI is InChI=1S/C10H15FN2O3S/c1-7(2)6-12-17(15,16)13-9-5-8(11)3-4-10(9)14/h3-5,7,12-14H,6H2,1-2H3. The second-order valence-corrected chi connectivity index (χ2v) is 5.51. The number of aromatic hydroxyl groups is 1. The summed E-state index contributed by atoms with van der Waals surface area (Å²) >= 11 is 0. The summed E-state index contributed by atoms with van der Waals surface area (Å²) in [5.74, 6) is -0.821. The first-order valence-electron chi connectivity index (χ1n) is 5.06. The number of phenolic OH excluding ortho intramolecular Hbond substituents is 1. The van der Waals surface area contributed by atoms with Crippen molar-refractivity contribution in [3.05, 3.63) is 24.0 Å². The lowest BCUT2D eigenvalue weighted by atomic mass is 10.2. The van der Waals surface area contributed by atoms with Crippen LogP contribution in [-0.2, 0) is 10.2 Å². The molecule has 0 spiro atoms. The Kier molecular flexibility index (Phi) is 4.30. The van der Waals surface area contributed by atoms with Crippen LogP contribution in [0.4, 0.5) is 10.1 Å². The monoisotopic (exact) mass is 262 g/mol. The van der Waals surface area contributed by atoms with Crippen LogP contribution in [0.1, 0.15) is 13.8 Å². The Morgan fingerprint density at radius 3 is 2.65 bits per heavy atom. The quantitative estimate of drug-likeness (QED) is 0.702. The highest BCUT2D eigenvalue weighted by Crippen LogP contribution is 2.24. The van der Waals surface area contributed by atoms with E-state index in [1.165, 1.54) is 0 Å². The highest BCUT2D eigenvalue weighted by molar-refractivity contribution is 7.90. The third-order valence-electron chi connectivity index (χ3n) is 1.88. The van der Waals surface area contributed by atoms with Crippen LogP contribution in [0, 0.1) is 11.7 Å². The summed E-state index contributed by atoms with van der Waals surface area (Å²) < 4.78 is 40.2. The molecule has 0 aromatic heterocycles. The largest absolute Gasteiger partial charge is 0.506 e. The Balaban J connectivity index is 2.79. The van der Waals surface area contributed by atoms with E-state index < -0.39 is 16.0 Å². The SMILES string of the molecule is CC(C)CNS(=O)(=O)Nc1cc(F)ccc1O. The van der Waals surface area contributed by atoms with Crippen LogP contribution < -0.4 is 9.44 Å². The van der Waals surface area contributed by atoms with Crippen molar-refractivity contribution in [3.8, 4) is 5.75 Å². The van der Waals surface area contributed by atoms with Gasteiger partial charge in [-0.05, 0) is 18.1 Å². The Morgan fingerprint density at radius 2 is 2.06 bits per heavy atom. The van der Waals surface area contributed by atoms with Crippen molar-refractivity contribution in [1.29, 1.82) is 0 Å². The van der Waals surface area contributed by atoms with E-state index >= 15 is 0 Å². The molecule has 7 heteroatoms. The molecular weight excluding hydrogens is 247 g/mol. The van der Waals surface area contributed by atoms with E-state index in [0.717, 1.165) is 18.2 Å². The maximum absolute atomic E-state index is 12.9. The first kappa shape index (κ1) is 13.7. The molecule has 1 aromatic rings. The van der Waals surface area contributed by atoms with Gasteiger partial charge in [0.2, 0.25) is 0 Å². The number of halogens is 1. The molecule has 5 nitrogen and oxygen atoms in total. The number of hydrogen-bond acceptors (Lipinski definition) is 3. The van der Waals surface area contributed by atoms with Gasteiger partial charge in [0.25, 0.3) is 10.2 Å². The van der Waals surface area contributed by atoms with Gasteiger partial charge >= 0.3 is 0 Å². The van der Waals surface area contributed by atoms with E-state index in [1.54, 1.807) is 0 Å². The zero-order chi connectivity index (χ0) is 13.1. The van der Waals surface area contributed by atoms with Gasteiger partial charge in [0.15, 0.2) is 0 Å². The fourth-order valence-electron chi connectivity index (χ4n) is 1.05. The number of benzene rings is 1. The molecule has 0 unspecified atom stereocenters. The molecule has 1 aromatic carbocycles. The molecule has 3 N–H and O–H groups in total. The van der Waals surface area contributed by atoms with Crippen molar-refractivity contribution in [2.75, 3.05) is 11.3 Å². The lowest BCUT2D eigenvalue weighted by Crippen LogP contribution is -2.32. The first-order valence-corrected chi connectivity index (χ1v) is 6.54. The topological polar surface area (TPSA) is 78.4 Å². The average molecular weight is 262 g/mol. The molecule has 0 saturated heterocycles. The van der Waals surface area contributed by atoms with Crippen LogP contribution >= 0.6 is 0 Å². The summed E-state index contributed by atoms with van der Waals surface area (Å²) in [5, 5.41) is 9.35. The molecule has 0 aliphatic rings. The van der Waals surface area contributed by atoms with Crippen molar-refractivity contribution < 1.29 is 17.9 Å². The summed E-state index contributed by atoms with van der Waals surface area (Å²) in [7, 11) is -3.80. The number of rotatable bonds is 5. The normalized spacial score (nSPS) is 11.8. The van der Waals surface area contributed by atoms with E-state index in [1.807, 2.05) is 13.8 Å². The molecule has 0 aliphatic carbocycles. The Hall–Kier alpha value is -1.34. The molecule has 0 aliphatic heterocycles. The fraction of sp³-hybridized carbons (Fsp3) is 0.400. The van der Waals surface area contributed by atoms with Gasteiger partial charge in [-0.3, -0.25) is 4.72 Å². The summed E-state index contributed by atoms with van der Waals surface area (Å²) in [4.78, 5) is 0. The van der Waals surface area contributed by atoms with Gasteiger partial charge in [-0.15, -0.1) is 0 Å². The van der Waals surface area contributed by atoms with Gasteiger partial charge in [-0.1, -0.05) is 13.8 Å². The Morgan fingerprint density at radius 1 is 1.41 bits per heavy atom. The maximum atomic E-state index is 12.9. The minimum Gasteiger partial charge on any atom is -0.506 e. The third kappa shape index (κ3) is 4.58. The molecule has 0 radical (unpaired) electrons. The summed E-state index contributed by atoms with van der Waals surface area (Å²) in [6, 6.07) is 3.02. The van der Waals surface area contributed by atoms with Crippen LogP contribution in [0.25, 0.3) is 0 Å². The molecule has 0 saturated carbocycles. The highest BCUT2D eigenvalue weighted by Gasteiger charge is 2.13. The molecule has 0 heterocycles. The van der Waals surface area contributed by atoms with Gasteiger partial charge < -0.3 is 5.11 Å².